The maximum absolute atomic E-state index is 14.7. The molecule has 182 valence electrons. The van der Waals surface area contributed by atoms with Crippen LogP contribution in [0.1, 0.15) is 74.9 Å². The largest absolute Gasteiger partial charge is 0.422 e. The zero-order valence-electron chi connectivity index (χ0n) is 20.4. The molecule has 1 amide bonds. The number of rotatable bonds is 7. The Kier molecular flexibility index (Phi) is 6.47. The van der Waals surface area contributed by atoms with Crippen LogP contribution in [0.4, 0.5) is 4.39 Å². The van der Waals surface area contributed by atoms with Crippen molar-refractivity contribution in [1.29, 1.82) is 0 Å². The number of halogens is 1. The molecule has 34 heavy (non-hydrogen) atoms. The van der Waals surface area contributed by atoms with Crippen LogP contribution >= 0.6 is 0 Å². The lowest BCUT2D eigenvalue weighted by atomic mass is 9.80. The Labute approximate surface area is 199 Å². The normalized spacial score (nSPS) is 19.5. The second-order valence-corrected chi connectivity index (χ2v) is 15.1. The Bertz CT molecular complexity index is 1150. The molecule has 2 heterocycles. The molecule has 2 aromatic heterocycles. The molecule has 1 atom stereocenters. The van der Waals surface area contributed by atoms with Crippen molar-refractivity contribution < 1.29 is 22.6 Å². The van der Waals surface area contributed by atoms with E-state index in [0.717, 1.165) is 0 Å². The molecule has 1 aliphatic rings. The van der Waals surface area contributed by atoms with E-state index in [4.69, 9.17) is 13.4 Å². The molecule has 1 saturated carbocycles. The zero-order chi connectivity index (χ0) is 24.7. The first-order valence-corrected chi connectivity index (χ1v) is 14.4. The molecular weight excluding hydrogens is 455 g/mol. The highest BCUT2D eigenvalue weighted by atomic mass is 28.4. The van der Waals surface area contributed by atoms with Crippen molar-refractivity contribution >= 4 is 14.2 Å². The van der Waals surface area contributed by atoms with Crippen LogP contribution in [0.15, 0.2) is 39.3 Å². The fourth-order valence-electron chi connectivity index (χ4n) is 3.63. The summed E-state index contributed by atoms with van der Waals surface area (Å²) in [6.45, 7) is 12.8. The second kappa shape index (κ2) is 9.07. The van der Waals surface area contributed by atoms with Gasteiger partial charge >= 0.3 is 0 Å². The van der Waals surface area contributed by atoms with Gasteiger partial charge in [-0.05, 0) is 37.9 Å². The average molecular weight is 487 g/mol. The summed E-state index contributed by atoms with van der Waals surface area (Å²) in [6.07, 6.45) is 0.948. The third kappa shape index (κ3) is 4.83. The Morgan fingerprint density at radius 2 is 1.88 bits per heavy atom. The molecule has 4 rings (SSSR count). The second-order valence-electron chi connectivity index (χ2n) is 10.4. The van der Waals surface area contributed by atoms with Gasteiger partial charge in [-0.25, -0.2) is 0 Å². The SMILES string of the molecule is CC(O[Si](C)(C)C(C)(C)C)c1nnc([C@H]2C[C@H](NC(=O)c3onc(-c4ccccc4)c3F)C2)o1. The van der Waals surface area contributed by atoms with E-state index in [1.807, 2.05) is 13.0 Å². The van der Waals surface area contributed by atoms with Gasteiger partial charge in [0, 0.05) is 17.5 Å². The predicted molar refractivity (Wildman–Crippen MR) is 126 cm³/mol. The van der Waals surface area contributed by atoms with Gasteiger partial charge in [0.1, 0.15) is 6.10 Å². The number of nitrogens with zero attached hydrogens (tertiary/aromatic N) is 3. The average Bonchev–Trinajstić information content (AvgIpc) is 3.37. The summed E-state index contributed by atoms with van der Waals surface area (Å²) in [7, 11) is -1.97. The van der Waals surface area contributed by atoms with Crippen LogP contribution in [-0.2, 0) is 4.43 Å². The van der Waals surface area contributed by atoms with Crippen LogP contribution in [0.5, 0.6) is 0 Å². The van der Waals surface area contributed by atoms with Crippen LogP contribution in [0.3, 0.4) is 0 Å². The van der Waals surface area contributed by atoms with Gasteiger partial charge in [0.2, 0.25) is 17.6 Å². The van der Waals surface area contributed by atoms with Crippen LogP contribution in [0.25, 0.3) is 11.3 Å². The first-order valence-electron chi connectivity index (χ1n) is 11.5. The standard InChI is InChI=1S/C24H31FN4O4Si/c1-14(33-34(5,6)24(2,3)4)22-27-28-23(31-22)16-12-17(13-16)26-21(30)20-18(25)19(29-32-20)15-10-8-7-9-11-15/h7-11,14,16-17H,12-13H2,1-6H3,(H,26,30)/t14?,16-,17-. The lowest BCUT2D eigenvalue weighted by molar-refractivity contribution is 0.0858. The van der Waals surface area contributed by atoms with E-state index in [2.05, 4.69) is 54.5 Å². The van der Waals surface area contributed by atoms with Gasteiger partial charge < -0.3 is 18.7 Å². The van der Waals surface area contributed by atoms with Crippen molar-refractivity contribution in [3.05, 3.63) is 53.7 Å². The maximum Gasteiger partial charge on any atom is 0.293 e. The van der Waals surface area contributed by atoms with E-state index < -0.39 is 25.8 Å². The number of aromatic nitrogens is 3. The summed E-state index contributed by atoms with van der Waals surface area (Å²) in [6, 6.07) is 8.61. The van der Waals surface area contributed by atoms with Crippen LogP contribution < -0.4 is 5.32 Å². The van der Waals surface area contributed by atoms with Gasteiger partial charge in [0.15, 0.2) is 14.0 Å². The highest BCUT2D eigenvalue weighted by Crippen LogP contribution is 2.41. The van der Waals surface area contributed by atoms with Crippen LogP contribution in [-0.4, -0.2) is 35.6 Å². The molecular formula is C24H31FN4O4Si. The van der Waals surface area contributed by atoms with Gasteiger partial charge in [-0.15, -0.1) is 10.2 Å². The van der Waals surface area contributed by atoms with Crippen molar-refractivity contribution in [1.82, 2.24) is 20.7 Å². The van der Waals surface area contributed by atoms with E-state index >= 15 is 0 Å². The summed E-state index contributed by atoms with van der Waals surface area (Å²) in [5.41, 5.74) is 0.565. The van der Waals surface area contributed by atoms with Gasteiger partial charge in [-0.1, -0.05) is 56.3 Å². The fraction of sp³-hybridized carbons (Fsp3) is 0.500. The monoisotopic (exact) mass is 486 g/mol. The van der Waals surface area contributed by atoms with Crippen molar-refractivity contribution in [2.75, 3.05) is 0 Å². The molecule has 10 heteroatoms. The number of hydrogen-bond donors (Lipinski definition) is 1. The Balaban J connectivity index is 1.32. The summed E-state index contributed by atoms with van der Waals surface area (Å²) in [5, 5.41) is 15.0. The van der Waals surface area contributed by atoms with Crippen molar-refractivity contribution in [3.63, 3.8) is 0 Å². The molecule has 0 aliphatic heterocycles. The number of hydrogen-bond acceptors (Lipinski definition) is 7. The van der Waals surface area contributed by atoms with E-state index in [1.165, 1.54) is 0 Å². The summed E-state index contributed by atoms with van der Waals surface area (Å²) < 4.78 is 31.9. The van der Waals surface area contributed by atoms with Crippen molar-refractivity contribution in [2.45, 2.75) is 76.7 Å². The molecule has 0 saturated heterocycles. The van der Waals surface area contributed by atoms with E-state index in [-0.39, 0.29) is 28.8 Å². The Morgan fingerprint density at radius 3 is 2.53 bits per heavy atom. The van der Waals surface area contributed by atoms with Gasteiger partial charge in [0.25, 0.3) is 11.7 Å². The number of benzene rings is 1. The number of carbonyl (C=O) groups is 1. The minimum Gasteiger partial charge on any atom is -0.422 e. The lowest BCUT2D eigenvalue weighted by Crippen LogP contribution is -2.43. The molecule has 0 bridgehead atoms. The fourth-order valence-corrected chi connectivity index (χ4v) is 4.97. The molecule has 1 aromatic carbocycles. The molecule has 1 aliphatic carbocycles. The van der Waals surface area contributed by atoms with Gasteiger partial charge in [-0.2, -0.15) is 4.39 Å². The zero-order valence-corrected chi connectivity index (χ0v) is 21.4. The molecule has 1 unspecified atom stereocenters. The van der Waals surface area contributed by atoms with E-state index in [1.54, 1.807) is 24.3 Å². The van der Waals surface area contributed by atoms with Crippen LogP contribution in [0.2, 0.25) is 18.1 Å². The summed E-state index contributed by atoms with van der Waals surface area (Å²) >= 11 is 0. The minimum absolute atomic E-state index is 0.0182. The molecule has 0 radical (unpaired) electrons. The van der Waals surface area contributed by atoms with Crippen molar-refractivity contribution in [3.8, 4) is 11.3 Å². The topological polar surface area (TPSA) is 103 Å². The molecule has 1 fully saturated rings. The number of nitrogens with one attached hydrogen (secondary N) is 1. The maximum atomic E-state index is 14.7. The molecule has 8 nitrogen and oxygen atoms in total. The predicted octanol–water partition coefficient (Wildman–Crippen LogP) is 5.62. The summed E-state index contributed by atoms with van der Waals surface area (Å²) in [4.78, 5) is 12.5. The molecule has 0 spiro atoms. The highest BCUT2D eigenvalue weighted by Gasteiger charge is 2.40. The van der Waals surface area contributed by atoms with Crippen LogP contribution in [0, 0.1) is 5.82 Å². The van der Waals surface area contributed by atoms with Gasteiger partial charge in [-0.3, -0.25) is 4.79 Å². The van der Waals surface area contributed by atoms with E-state index in [0.29, 0.717) is 30.2 Å². The Morgan fingerprint density at radius 1 is 1.21 bits per heavy atom. The third-order valence-corrected chi connectivity index (χ3v) is 11.3. The quantitative estimate of drug-likeness (QED) is 0.432. The third-order valence-electron chi connectivity index (χ3n) is 6.79. The van der Waals surface area contributed by atoms with E-state index in [9.17, 15) is 9.18 Å². The molecule has 3 aromatic rings. The summed E-state index contributed by atoms with van der Waals surface area (Å²) in [5.74, 6) is -0.784. The first-order chi connectivity index (χ1) is 16.0. The van der Waals surface area contributed by atoms with Gasteiger partial charge in [0.05, 0.1) is 0 Å². The smallest absolute Gasteiger partial charge is 0.293 e. The number of amides is 1. The molecule has 1 N–H and O–H groups in total. The van der Waals surface area contributed by atoms with Crippen molar-refractivity contribution in [2.24, 2.45) is 0 Å². The highest BCUT2D eigenvalue weighted by molar-refractivity contribution is 6.74. The minimum atomic E-state index is -1.97. The Hall–Kier alpha value is -2.85. The number of carbonyl (C=O) groups excluding carboxylic acids is 1. The first kappa shape index (κ1) is 24.3. The lowest BCUT2D eigenvalue weighted by Gasteiger charge is -2.37.